The van der Waals surface area contributed by atoms with E-state index in [-0.39, 0.29) is 5.92 Å². The molecule has 14 heavy (non-hydrogen) atoms. The number of aliphatic hydroxyl groups is 4. The molecule has 0 aromatic heterocycles. The van der Waals surface area contributed by atoms with Crippen LogP contribution in [0, 0.1) is 5.92 Å². The van der Waals surface area contributed by atoms with E-state index >= 15 is 0 Å². The molecule has 0 aliphatic heterocycles. The van der Waals surface area contributed by atoms with Gasteiger partial charge in [-0.25, -0.2) is 0 Å². The molecule has 0 aliphatic carbocycles. The molecular weight excluding hydrogens is 188 g/mol. The van der Waals surface area contributed by atoms with Gasteiger partial charge in [-0.2, -0.15) is 0 Å². The lowest BCUT2D eigenvalue weighted by Gasteiger charge is -2.29. The Hall–Kier alpha value is -0.200. The van der Waals surface area contributed by atoms with Crippen LogP contribution in [0.5, 0.6) is 0 Å². The van der Waals surface area contributed by atoms with E-state index in [9.17, 15) is 15.3 Å². The van der Waals surface area contributed by atoms with E-state index in [2.05, 4.69) is 0 Å². The normalized spacial score (nSPS) is 20.6. The van der Waals surface area contributed by atoms with Gasteiger partial charge in [-0.15, -0.1) is 0 Å². The van der Waals surface area contributed by atoms with Gasteiger partial charge in [0.05, 0.1) is 12.7 Å². The van der Waals surface area contributed by atoms with Crippen LogP contribution in [-0.4, -0.2) is 58.6 Å². The number of hydrogen-bond donors (Lipinski definition) is 4. The van der Waals surface area contributed by atoms with Crippen molar-refractivity contribution in [1.29, 1.82) is 0 Å². The lowest BCUT2D eigenvalue weighted by molar-refractivity contribution is -0.133. The van der Waals surface area contributed by atoms with Crippen molar-refractivity contribution in [1.82, 2.24) is 0 Å². The molecule has 5 nitrogen and oxygen atoms in total. The summed E-state index contributed by atoms with van der Waals surface area (Å²) in [5, 5.41) is 37.2. The second-order valence-electron chi connectivity index (χ2n) is 3.67. The number of methoxy groups -OCH3 is 1. The number of ether oxygens (including phenoxy) is 1. The first-order valence-corrected chi connectivity index (χ1v) is 4.63. The second kappa shape index (κ2) is 6.31. The molecule has 4 N–H and O–H groups in total. The molecule has 86 valence electrons. The van der Waals surface area contributed by atoms with Crippen LogP contribution in [-0.2, 0) is 4.74 Å². The zero-order valence-electron chi connectivity index (χ0n) is 8.79. The summed E-state index contributed by atoms with van der Waals surface area (Å²) in [5.74, 6) is -0.171. The fraction of sp³-hybridized carbons (Fsp3) is 1.00. The molecule has 5 heteroatoms. The predicted molar refractivity (Wildman–Crippen MR) is 50.7 cm³/mol. The fourth-order valence-corrected chi connectivity index (χ4v) is 1.14. The Bertz CT molecular complexity index is 140. The predicted octanol–water partition coefficient (Wildman–Crippen LogP) is -1.27. The molecule has 0 radical (unpaired) electrons. The molecule has 0 aliphatic rings. The van der Waals surface area contributed by atoms with E-state index in [1.807, 2.05) is 0 Å². The molecule has 0 fully saturated rings. The number of hydrogen-bond acceptors (Lipinski definition) is 5. The van der Waals surface area contributed by atoms with Gasteiger partial charge >= 0.3 is 0 Å². The van der Waals surface area contributed by atoms with Gasteiger partial charge < -0.3 is 25.2 Å². The summed E-state index contributed by atoms with van der Waals surface area (Å²) in [6.45, 7) is 3.04. The van der Waals surface area contributed by atoms with Gasteiger partial charge in [-0.3, -0.25) is 0 Å². The second-order valence-corrected chi connectivity index (χ2v) is 3.67. The van der Waals surface area contributed by atoms with Gasteiger partial charge in [0.25, 0.3) is 0 Å². The highest BCUT2D eigenvalue weighted by atomic mass is 16.5. The minimum atomic E-state index is -1.31. The molecule has 0 saturated carbocycles. The van der Waals surface area contributed by atoms with Crippen LogP contribution in [0.15, 0.2) is 0 Å². The summed E-state index contributed by atoms with van der Waals surface area (Å²) >= 11 is 0. The Balaban J connectivity index is 4.28. The quantitative estimate of drug-likeness (QED) is 0.437. The van der Waals surface area contributed by atoms with Gasteiger partial charge in [0.2, 0.25) is 0 Å². The molecule has 0 amide bonds. The van der Waals surface area contributed by atoms with Gasteiger partial charge in [0.15, 0.2) is 0 Å². The first kappa shape index (κ1) is 13.8. The minimum absolute atomic E-state index is 0.171. The molecule has 4 atom stereocenters. The van der Waals surface area contributed by atoms with Crippen molar-refractivity contribution in [2.45, 2.75) is 38.3 Å². The Morgan fingerprint density at radius 3 is 1.79 bits per heavy atom. The first-order chi connectivity index (χ1) is 6.45. The summed E-state index contributed by atoms with van der Waals surface area (Å²) in [6.07, 6.45) is -4.51. The SMILES string of the molecule is COC(CO)C(O)C(O)C(O)C(C)C. The average Bonchev–Trinajstić information content (AvgIpc) is 2.17. The molecule has 0 bridgehead atoms. The Morgan fingerprint density at radius 1 is 1.00 bits per heavy atom. The van der Waals surface area contributed by atoms with Crippen LogP contribution >= 0.6 is 0 Å². The maximum Gasteiger partial charge on any atom is 0.111 e. The molecule has 4 unspecified atom stereocenters. The van der Waals surface area contributed by atoms with Gasteiger partial charge in [0, 0.05) is 7.11 Å². The molecule has 0 spiro atoms. The van der Waals surface area contributed by atoms with Crippen molar-refractivity contribution in [2.75, 3.05) is 13.7 Å². The highest BCUT2D eigenvalue weighted by Gasteiger charge is 2.32. The molecule has 0 rings (SSSR count). The van der Waals surface area contributed by atoms with E-state index in [0.717, 1.165) is 0 Å². The largest absolute Gasteiger partial charge is 0.394 e. The zero-order valence-corrected chi connectivity index (χ0v) is 8.79. The van der Waals surface area contributed by atoms with Crippen LogP contribution in [0.1, 0.15) is 13.8 Å². The van der Waals surface area contributed by atoms with Crippen molar-refractivity contribution in [2.24, 2.45) is 5.92 Å². The maximum atomic E-state index is 9.50. The van der Waals surface area contributed by atoms with Crippen molar-refractivity contribution in [3.8, 4) is 0 Å². The van der Waals surface area contributed by atoms with Crippen LogP contribution in [0.25, 0.3) is 0 Å². The van der Waals surface area contributed by atoms with E-state index in [1.54, 1.807) is 13.8 Å². The topological polar surface area (TPSA) is 90.2 Å². The molecule has 0 aromatic carbocycles. The average molecular weight is 208 g/mol. The van der Waals surface area contributed by atoms with Crippen molar-refractivity contribution >= 4 is 0 Å². The summed E-state index contributed by atoms with van der Waals surface area (Å²) in [7, 11) is 1.32. The zero-order chi connectivity index (χ0) is 11.3. The van der Waals surface area contributed by atoms with E-state index in [0.29, 0.717) is 0 Å². The number of aliphatic hydroxyl groups excluding tert-OH is 4. The van der Waals surface area contributed by atoms with Gasteiger partial charge in [-0.1, -0.05) is 13.8 Å². The van der Waals surface area contributed by atoms with Crippen molar-refractivity contribution in [3.05, 3.63) is 0 Å². The van der Waals surface area contributed by atoms with Gasteiger partial charge in [0.1, 0.15) is 18.3 Å². The van der Waals surface area contributed by atoms with Crippen LogP contribution in [0.2, 0.25) is 0 Å². The van der Waals surface area contributed by atoms with E-state index in [1.165, 1.54) is 7.11 Å². The third kappa shape index (κ3) is 3.51. The summed E-state index contributed by atoms with van der Waals surface area (Å²) in [6, 6.07) is 0. The van der Waals surface area contributed by atoms with Crippen molar-refractivity contribution < 1.29 is 25.2 Å². The fourth-order valence-electron chi connectivity index (χ4n) is 1.14. The van der Waals surface area contributed by atoms with E-state index in [4.69, 9.17) is 9.84 Å². The Labute approximate surface area is 83.9 Å². The summed E-state index contributed by atoms with van der Waals surface area (Å²) < 4.78 is 4.74. The molecular formula is C9H20O5. The highest BCUT2D eigenvalue weighted by Crippen LogP contribution is 2.13. The summed E-state index contributed by atoms with van der Waals surface area (Å²) in [5.41, 5.74) is 0. The van der Waals surface area contributed by atoms with Crippen molar-refractivity contribution in [3.63, 3.8) is 0 Å². The van der Waals surface area contributed by atoms with E-state index < -0.39 is 31.0 Å². The molecule has 0 saturated heterocycles. The third-order valence-electron chi connectivity index (χ3n) is 2.25. The first-order valence-electron chi connectivity index (χ1n) is 4.63. The van der Waals surface area contributed by atoms with Crippen LogP contribution in [0.4, 0.5) is 0 Å². The lowest BCUT2D eigenvalue weighted by Crippen LogP contribution is -2.48. The van der Waals surface area contributed by atoms with Gasteiger partial charge in [-0.05, 0) is 5.92 Å². The Kier molecular flexibility index (Phi) is 6.22. The smallest absolute Gasteiger partial charge is 0.111 e. The minimum Gasteiger partial charge on any atom is -0.394 e. The Morgan fingerprint density at radius 2 is 1.50 bits per heavy atom. The summed E-state index contributed by atoms with van der Waals surface area (Å²) in [4.78, 5) is 0. The highest BCUT2D eigenvalue weighted by molar-refractivity contribution is 4.82. The maximum absolute atomic E-state index is 9.50. The molecule has 0 heterocycles. The van der Waals surface area contributed by atoms with Crippen LogP contribution in [0.3, 0.4) is 0 Å². The standard InChI is InChI=1S/C9H20O5/c1-5(2)7(11)9(13)8(12)6(4-10)14-3/h5-13H,4H2,1-3H3. The monoisotopic (exact) mass is 208 g/mol. The third-order valence-corrected chi connectivity index (χ3v) is 2.25. The molecule has 0 aromatic rings. The van der Waals surface area contributed by atoms with Crippen LogP contribution < -0.4 is 0 Å². The number of rotatable bonds is 6. The lowest BCUT2D eigenvalue weighted by atomic mass is 9.95.